The molecule has 1 aliphatic heterocycles. The number of methoxy groups -OCH3 is 1. The minimum atomic E-state index is -0.427. The van der Waals surface area contributed by atoms with Crippen LogP contribution in [0, 0.1) is 18.2 Å². The Labute approximate surface area is 207 Å². The van der Waals surface area contributed by atoms with Crippen LogP contribution < -0.4 is 21.7 Å². The number of thiophene rings is 1. The summed E-state index contributed by atoms with van der Waals surface area (Å²) < 4.78 is 19.3. The average molecular weight is 499 g/mol. The SMILES string of the molecule is COCC1(C)CN(c2ccc3c(n2)CCC(NC(=O)c2sc4nc(C)c(F)cc4c2N)C3)CC1N. The number of nitrogen functional groups attached to an aromatic ring is 1. The lowest BCUT2D eigenvalue weighted by atomic mass is 9.87. The Hall–Kier alpha value is -2.82. The third-order valence-electron chi connectivity index (χ3n) is 7.30. The lowest BCUT2D eigenvalue weighted by Crippen LogP contribution is -2.41. The highest BCUT2D eigenvalue weighted by Gasteiger charge is 2.41. The first kappa shape index (κ1) is 23.9. The van der Waals surface area contributed by atoms with E-state index in [1.807, 2.05) is 6.07 Å². The van der Waals surface area contributed by atoms with Gasteiger partial charge in [-0.1, -0.05) is 13.0 Å². The van der Waals surface area contributed by atoms with Crippen molar-refractivity contribution in [1.82, 2.24) is 15.3 Å². The van der Waals surface area contributed by atoms with Crippen molar-refractivity contribution >= 4 is 39.0 Å². The summed E-state index contributed by atoms with van der Waals surface area (Å²) in [7, 11) is 1.71. The van der Waals surface area contributed by atoms with E-state index in [2.05, 4.69) is 28.2 Å². The minimum absolute atomic E-state index is 0.0242. The number of nitrogens with two attached hydrogens (primary N) is 2. The second-order valence-corrected chi connectivity index (χ2v) is 11.0. The molecule has 186 valence electrons. The molecule has 1 amide bonds. The largest absolute Gasteiger partial charge is 0.397 e. The highest BCUT2D eigenvalue weighted by Crippen LogP contribution is 2.35. The number of amides is 1. The number of pyridine rings is 2. The molecule has 3 atom stereocenters. The van der Waals surface area contributed by atoms with Crippen LogP contribution in [-0.4, -0.2) is 54.8 Å². The first-order valence-corrected chi connectivity index (χ1v) is 12.6. The fraction of sp³-hybridized carbons (Fsp3) is 0.480. The molecular formula is C25H31FN6O2S. The number of carbonyl (C=O) groups is 1. The number of halogens is 1. The van der Waals surface area contributed by atoms with Gasteiger partial charge in [-0.2, -0.15) is 0 Å². The normalized spacial score (nSPS) is 24.1. The lowest BCUT2D eigenvalue weighted by Gasteiger charge is -2.28. The summed E-state index contributed by atoms with van der Waals surface area (Å²) in [6.07, 6.45) is 2.26. The molecule has 0 radical (unpaired) electrons. The van der Waals surface area contributed by atoms with Gasteiger partial charge < -0.3 is 26.4 Å². The van der Waals surface area contributed by atoms with Crippen molar-refractivity contribution in [3.63, 3.8) is 0 Å². The van der Waals surface area contributed by atoms with E-state index in [4.69, 9.17) is 21.2 Å². The molecule has 1 saturated heterocycles. The van der Waals surface area contributed by atoms with Crippen molar-refractivity contribution in [1.29, 1.82) is 0 Å². The van der Waals surface area contributed by atoms with Gasteiger partial charge in [-0.05, 0) is 43.9 Å². The number of carbonyl (C=O) groups excluding carboxylic acids is 1. The van der Waals surface area contributed by atoms with Gasteiger partial charge in [-0.3, -0.25) is 4.79 Å². The van der Waals surface area contributed by atoms with Crippen LogP contribution in [0.1, 0.15) is 40.0 Å². The Morgan fingerprint density at radius 3 is 2.97 bits per heavy atom. The summed E-state index contributed by atoms with van der Waals surface area (Å²) in [6, 6.07) is 5.50. The van der Waals surface area contributed by atoms with Crippen molar-refractivity contribution in [2.75, 3.05) is 37.4 Å². The van der Waals surface area contributed by atoms with E-state index < -0.39 is 5.82 Å². The fourth-order valence-electron chi connectivity index (χ4n) is 5.15. The Bertz CT molecular complexity index is 1300. The summed E-state index contributed by atoms with van der Waals surface area (Å²) in [5.41, 5.74) is 15.3. The number of nitrogens with one attached hydrogen (secondary N) is 1. The van der Waals surface area contributed by atoms with Gasteiger partial charge in [0.25, 0.3) is 5.91 Å². The maximum absolute atomic E-state index is 13.9. The Morgan fingerprint density at radius 1 is 1.40 bits per heavy atom. The monoisotopic (exact) mass is 498 g/mol. The van der Waals surface area contributed by atoms with Crippen molar-refractivity contribution in [2.45, 2.75) is 45.2 Å². The van der Waals surface area contributed by atoms with E-state index in [0.29, 0.717) is 33.8 Å². The van der Waals surface area contributed by atoms with E-state index in [1.54, 1.807) is 14.0 Å². The smallest absolute Gasteiger partial charge is 0.263 e. The molecule has 4 heterocycles. The number of ether oxygens (including phenoxy) is 1. The van der Waals surface area contributed by atoms with Crippen molar-refractivity contribution in [3.05, 3.63) is 45.8 Å². The quantitative estimate of drug-likeness (QED) is 0.495. The molecule has 8 nitrogen and oxygen atoms in total. The maximum Gasteiger partial charge on any atom is 0.263 e. The van der Waals surface area contributed by atoms with Crippen molar-refractivity contribution in [2.24, 2.45) is 11.1 Å². The Kier molecular flexibility index (Phi) is 6.14. The van der Waals surface area contributed by atoms with Crippen LogP contribution in [0.3, 0.4) is 0 Å². The predicted molar refractivity (Wildman–Crippen MR) is 136 cm³/mol. The van der Waals surface area contributed by atoms with Gasteiger partial charge in [0.05, 0.1) is 18.0 Å². The van der Waals surface area contributed by atoms with Crippen LogP contribution in [0.4, 0.5) is 15.9 Å². The number of nitrogens with zero attached hydrogens (tertiary/aromatic N) is 3. The molecule has 3 unspecified atom stereocenters. The molecule has 1 aliphatic carbocycles. The number of anilines is 2. The summed E-state index contributed by atoms with van der Waals surface area (Å²) in [4.78, 5) is 25.4. The molecule has 10 heteroatoms. The van der Waals surface area contributed by atoms with Crippen LogP contribution >= 0.6 is 11.3 Å². The number of hydrogen-bond acceptors (Lipinski definition) is 8. The summed E-state index contributed by atoms with van der Waals surface area (Å²) in [5, 5.41) is 3.59. The van der Waals surface area contributed by atoms with E-state index in [1.165, 1.54) is 17.4 Å². The molecule has 0 saturated carbocycles. The van der Waals surface area contributed by atoms with Crippen LogP contribution in [0.5, 0.6) is 0 Å². The fourth-order valence-corrected chi connectivity index (χ4v) is 6.18. The number of rotatable bonds is 5. The molecule has 3 aromatic heterocycles. The lowest BCUT2D eigenvalue weighted by molar-refractivity contribution is 0.0938. The van der Waals surface area contributed by atoms with E-state index >= 15 is 0 Å². The minimum Gasteiger partial charge on any atom is -0.397 e. The van der Waals surface area contributed by atoms with E-state index in [-0.39, 0.29) is 29.1 Å². The average Bonchev–Trinajstić information content (AvgIpc) is 3.30. The summed E-state index contributed by atoms with van der Waals surface area (Å²) in [5.74, 6) is 0.267. The number of aromatic nitrogens is 2. The molecule has 0 aromatic carbocycles. The third-order valence-corrected chi connectivity index (χ3v) is 8.42. The van der Waals surface area contributed by atoms with E-state index in [9.17, 15) is 9.18 Å². The molecule has 1 fully saturated rings. The first-order chi connectivity index (χ1) is 16.7. The standard InChI is InChI=1S/C25H31FN6O2S/c1-13-17(26)9-16-21(28)22(35-24(16)29-13)23(33)30-15-5-6-18-14(8-15)4-7-20(31-18)32-10-19(27)25(2,11-32)12-34-3/h4,7,9,15,19H,5-6,8,10-12,27-28H2,1-3H3,(H,30,33). The first-order valence-electron chi connectivity index (χ1n) is 11.8. The number of hydrogen-bond donors (Lipinski definition) is 3. The molecule has 0 bridgehead atoms. The van der Waals surface area contributed by atoms with Crippen molar-refractivity contribution in [3.8, 4) is 0 Å². The molecule has 3 aromatic rings. The van der Waals surface area contributed by atoms with E-state index in [0.717, 1.165) is 43.0 Å². The highest BCUT2D eigenvalue weighted by atomic mass is 32.1. The van der Waals surface area contributed by atoms with Crippen LogP contribution in [0.2, 0.25) is 0 Å². The molecular weight excluding hydrogens is 467 g/mol. The number of fused-ring (bicyclic) bond motifs is 2. The third kappa shape index (κ3) is 4.34. The Morgan fingerprint density at radius 2 is 2.20 bits per heavy atom. The van der Waals surface area contributed by atoms with Gasteiger partial charge in [0, 0.05) is 48.8 Å². The second-order valence-electron chi connectivity index (χ2n) is 10.0. The van der Waals surface area contributed by atoms with Gasteiger partial charge >= 0.3 is 0 Å². The van der Waals surface area contributed by atoms with Gasteiger partial charge in [-0.15, -0.1) is 11.3 Å². The molecule has 5 rings (SSSR count). The zero-order chi connectivity index (χ0) is 24.9. The van der Waals surface area contributed by atoms with Gasteiger partial charge in [-0.25, -0.2) is 14.4 Å². The van der Waals surface area contributed by atoms with Crippen LogP contribution in [-0.2, 0) is 17.6 Å². The highest BCUT2D eigenvalue weighted by molar-refractivity contribution is 7.21. The zero-order valence-corrected chi connectivity index (χ0v) is 21.0. The molecule has 2 aliphatic rings. The molecule has 35 heavy (non-hydrogen) atoms. The topological polar surface area (TPSA) is 119 Å². The predicted octanol–water partition coefficient (Wildman–Crippen LogP) is 2.81. The maximum atomic E-state index is 13.9. The van der Waals surface area contributed by atoms with Crippen LogP contribution in [0.25, 0.3) is 10.2 Å². The molecule has 0 spiro atoms. The van der Waals surface area contributed by atoms with Gasteiger partial charge in [0.2, 0.25) is 0 Å². The summed E-state index contributed by atoms with van der Waals surface area (Å²) in [6.45, 7) is 5.93. The van der Waals surface area contributed by atoms with Gasteiger partial charge in [0.15, 0.2) is 0 Å². The van der Waals surface area contributed by atoms with Gasteiger partial charge in [0.1, 0.15) is 21.3 Å². The number of aryl methyl sites for hydroxylation is 2. The summed E-state index contributed by atoms with van der Waals surface area (Å²) >= 11 is 1.20. The Balaban J connectivity index is 1.28. The van der Waals surface area contributed by atoms with Crippen molar-refractivity contribution < 1.29 is 13.9 Å². The molecule has 5 N–H and O–H groups in total. The zero-order valence-electron chi connectivity index (χ0n) is 20.2. The van der Waals surface area contributed by atoms with Crippen LogP contribution in [0.15, 0.2) is 18.2 Å². The second kappa shape index (κ2) is 9.00.